The van der Waals surface area contributed by atoms with E-state index < -0.39 is 7.82 Å². The minimum absolute atomic E-state index is 0.538. The zero-order valence-corrected chi connectivity index (χ0v) is 12.4. The van der Waals surface area contributed by atoms with Gasteiger partial charge in [0.25, 0.3) is 0 Å². The van der Waals surface area contributed by atoms with Crippen molar-refractivity contribution < 1.29 is 18.5 Å². The minimum atomic E-state index is -3.65. The molecule has 0 spiro atoms. The summed E-state index contributed by atoms with van der Waals surface area (Å²) >= 11 is 0. The molecule has 0 heterocycles. The summed E-state index contributed by atoms with van der Waals surface area (Å²) in [5.41, 5.74) is 0.538. The van der Waals surface area contributed by atoms with Gasteiger partial charge in [0.1, 0.15) is 0 Å². The summed E-state index contributed by atoms with van der Waals surface area (Å²) in [6.45, 7) is 6.86. The highest BCUT2D eigenvalue weighted by molar-refractivity contribution is 7.47. The molecule has 15 heavy (non-hydrogen) atoms. The van der Waals surface area contributed by atoms with Crippen LogP contribution in [0.5, 0.6) is 0 Å². The number of rotatable bonds is 4. The standard InChI is InChI=1S/C7H17P.C2H7O4P/c1-7(2,3)5-4-6-8;1-5-7(3,4)6-2/h4-6,8H2,1-3H3;1-2H3,(H,3,4). The van der Waals surface area contributed by atoms with Crippen molar-refractivity contribution in [1.29, 1.82) is 0 Å². The molecule has 0 saturated heterocycles. The van der Waals surface area contributed by atoms with Gasteiger partial charge in [-0.15, -0.1) is 9.24 Å². The van der Waals surface area contributed by atoms with Crippen LogP contribution in [0, 0.1) is 5.41 Å². The highest BCUT2D eigenvalue weighted by Crippen LogP contribution is 2.40. The van der Waals surface area contributed by atoms with Gasteiger partial charge in [-0.3, -0.25) is 9.05 Å². The van der Waals surface area contributed by atoms with Gasteiger partial charge in [-0.25, -0.2) is 4.57 Å². The van der Waals surface area contributed by atoms with E-state index in [1.807, 2.05) is 0 Å². The Kier molecular flexibility index (Phi) is 10.4. The zero-order valence-electron chi connectivity index (χ0n) is 10.3. The summed E-state index contributed by atoms with van der Waals surface area (Å²) in [7, 11) is 1.31. The molecule has 1 atom stereocenters. The van der Waals surface area contributed by atoms with Crippen molar-refractivity contribution in [1.82, 2.24) is 0 Å². The fraction of sp³-hybridized carbons (Fsp3) is 1.00. The lowest BCUT2D eigenvalue weighted by atomic mass is 9.91. The van der Waals surface area contributed by atoms with Crippen LogP contribution in [0.2, 0.25) is 0 Å². The van der Waals surface area contributed by atoms with Gasteiger partial charge in [0.05, 0.1) is 0 Å². The molecule has 0 aliphatic heterocycles. The molecule has 0 saturated carbocycles. The monoisotopic (exact) mass is 258 g/mol. The van der Waals surface area contributed by atoms with Crippen LogP contribution >= 0.6 is 17.1 Å². The molecular formula is C9H24O4P2. The lowest BCUT2D eigenvalue weighted by Gasteiger charge is -2.16. The average Bonchev–Trinajstić information content (AvgIpc) is 2.15. The first kappa shape index (κ1) is 17.9. The van der Waals surface area contributed by atoms with E-state index in [0.717, 1.165) is 14.2 Å². The van der Waals surface area contributed by atoms with Crippen molar-refractivity contribution in [2.75, 3.05) is 20.4 Å². The van der Waals surface area contributed by atoms with Gasteiger partial charge in [0.15, 0.2) is 0 Å². The second-order valence-electron chi connectivity index (χ2n) is 4.29. The Morgan fingerprint density at radius 3 is 1.73 bits per heavy atom. The molecule has 0 amide bonds. The van der Waals surface area contributed by atoms with Crippen LogP contribution in [0.1, 0.15) is 33.6 Å². The lowest BCUT2D eigenvalue weighted by molar-refractivity contribution is 0.204. The smallest absolute Gasteiger partial charge is 0.303 e. The van der Waals surface area contributed by atoms with E-state index in [0.29, 0.717) is 5.41 Å². The van der Waals surface area contributed by atoms with E-state index in [9.17, 15) is 4.57 Å². The Labute approximate surface area is 95.6 Å². The molecule has 6 heteroatoms. The van der Waals surface area contributed by atoms with Gasteiger partial charge in [0, 0.05) is 14.2 Å². The van der Waals surface area contributed by atoms with Crippen LogP contribution in [0.4, 0.5) is 0 Å². The SMILES string of the molecule is CC(C)(C)CCCP.COP(=O)(O)OC. The number of phosphoric acid groups is 1. The molecule has 0 aliphatic carbocycles. The largest absolute Gasteiger partial charge is 0.471 e. The Hall–Kier alpha value is 0.540. The number of phosphoric ester groups is 1. The van der Waals surface area contributed by atoms with Crippen molar-refractivity contribution in [3.63, 3.8) is 0 Å². The first-order valence-corrected chi connectivity index (χ1v) is 7.14. The summed E-state index contributed by atoms with van der Waals surface area (Å²) < 4.78 is 18.0. The molecule has 0 aromatic rings. The van der Waals surface area contributed by atoms with Crippen LogP contribution < -0.4 is 0 Å². The molecule has 0 fully saturated rings. The Balaban J connectivity index is 0. The summed E-state index contributed by atoms with van der Waals surface area (Å²) in [5.74, 6) is 0. The zero-order chi connectivity index (χ0) is 12.5. The number of hydrogen-bond donors (Lipinski definition) is 1. The Morgan fingerprint density at radius 1 is 1.27 bits per heavy atom. The van der Waals surface area contributed by atoms with E-state index in [4.69, 9.17) is 4.89 Å². The molecule has 0 aromatic heterocycles. The molecule has 1 N–H and O–H groups in total. The van der Waals surface area contributed by atoms with Gasteiger partial charge in [-0.2, -0.15) is 0 Å². The first-order chi connectivity index (χ1) is 6.68. The fourth-order valence-electron chi connectivity index (χ4n) is 0.707. The van der Waals surface area contributed by atoms with Crippen LogP contribution in [-0.4, -0.2) is 25.3 Å². The number of hydrogen-bond acceptors (Lipinski definition) is 3. The Morgan fingerprint density at radius 2 is 1.67 bits per heavy atom. The quantitative estimate of drug-likeness (QED) is 0.787. The third-order valence-corrected chi connectivity index (χ3v) is 2.92. The van der Waals surface area contributed by atoms with Crippen molar-refractivity contribution in [3.8, 4) is 0 Å². The van der Waals surface area contributed by atoms with Gasteiger partial charge in [-0.1, -0.05) is 20.8 Å². The maximum Gasteiger partial charge on any atom is 0.471 e. The maximum absolute atomic E-state index is 10.1. The van der Waals surface area contributed by atoms with Crippen LogP contribution in [0.25, 0.3) is 0 Å². The van der Waals surface area contributed by atoms with E-state index in [1.165, 1.54) is 19.0 Å². The molecule has 0 aliphatic rings. The van der Waals surface area contributed by atoms with E-state index in [1.54, 1.807) is 0 Å². The Bertz CT molecular complexity index is 181. The molecule has 94 valence electrons. The second-order valence-corrected chi connectivity index (χ2v) is 6.53. The van der Waals surface area contributed by atoms with Crippen molar-refractivity contribution >= 4 is 17.1 Å². The first-order valence-electron chi connectivity index (χ1n) is 4.83. The lowest BCUT2D eigenvalue weighted by Crippen LogP contribution is -2.03. The normalized spacial score (nSPS) is 11.9. The summed E-state index contributed by atoms with van der Waals surface area (Å²) in [6.07, 6.45) is 3.93. The van der Waals surface area contributed by atoms with Crippen LogP contribution in [0.3, 0.4) is 0 Å². The second kappa shape index (κ2) is 8.66. The molecular weight excluding hydrogens is 234 g/mol. The van der Waals surface area contributed by atoms with E-state index in [-0.39, 0.29) is 0 Å². The third kappa shape index (κ3) is 17.2. The predicted octanol–water partition coefficient (Wildman–Crippen LogP) is 3.07. The summed E-state index contributed by atoms with van der Waals surface area (Å²) in [6, 6.07) is 0. The van der Waals surface area contributed by atoms with Gasteiger partial charge >= 0.3 is 7.82 Å². The van der Waals surface area contributed by atoms with Crippen molar-refractivity contribution in [2.45, 2.75) is 33.6 Å². The minimum Gasteiger partial charge on any atom is -0.303 e. The van der Waals surface area contributed by atoms with Crippen LogP contribution in [0.15, 0.2) is 0 Å². The molecule has 4 nitrogen and oxygen atoms in total. The highest BCUT2D eigenvalue weighted by atomic mass is 31.2. The van der Waals surface area contributed by atoms with Crippen molar-refractivity contribution in [2.24, 2.45) is 5.41 Å². The molecule has 0 rings (SSSR count). The van der Waals surface area contributed by atoms with Crippen LogP contribution in [-0.2, 0) is 13.6 Å². The summed E-state index contributed by atoms with van der Waals surface area (Å²) in [5, 5.41) is 0. The fourth-order valence-corrected chi connectivity index (χ4v) is 1.06. The molecule has 0 aromatic carbocycles. The molecule has 0 bridgehead atoms. The molecule has 1 unspecified atom stereocenters. The van der Waals surface area contributed by atoms with Gasteiger partial charge in [0.2, 0.25) is 0 Å². The van der Waals surface area contributed by atoms with Gasteiger partial charge < -0.3 is 4.89 Å². The average molecular weight is 258 g/mol. The van der Waals surface area contributed by atoms with Gasteiger partial charge in [-0.05, 0) is 24.4 Å². The van der Waals surface area contributed by atoms with E-state index >= 15 is 0 Å². The molecule has 0 radical (unpaired) electrons. The van der Waals surface area contributed by atoms with Crippen molar-refractivity contribution in [3.05, 3.63) is 0 Å². The third-order valence-electron chi connectivity index (χ3n) is 1.59. The predicted molar refractivity (Wildman–Crippen MR) is 67.1 cm³/mol. The summed E-state index contributed by atoms with van der Waals surface area (Å²) in [4.78, 5) is 8.24. The highest BCUT2D eigenvalue weighted by Gasteiger charge is 2.13. The van der Waals surface area contributed by atoms with E-state index in [2.05, 4.69) is 39.1 Å². The topological polar surface area (TPSA) is 55.8 Å². The maximum atomic E-state index is 10.1.